The molecule has 0 heterocycles. The van der Waals surface area contributed by atoms with Crippen LogP contribution in [-0.4, -0.2) is 78.6 Å². The molecule has 0 aliphatic heterocycles. The van der Waals surface area contributed by atoms with Crippen molar-refractivity contribution in [1.29, 1.82) is 0 Å². The molecule has 170 valence electrons. The zero-order valence-electron chi connectivity index (χ0n) is 17.5. The van der Waals surface area contributed by atoms with Crippen molar-refractivity contribution in [2.75, 3.05) is 33.4 Å². The number of aliphatic hydroxyl groups is 2. The first-order valence-corrected chi connectivity index (χ1v) is 11.5. The van der Waals surface area contributed by atoms with Gasteiger partial charge in [0.15, 0.2) is 0 Å². The fraction of sp³-hybridized carbons (Fsp3) is 0.545. The number of nitrogens with zero attached hydrogens (tertiary/aromatic N) is 1. The van der Waals surface area contributed by atoms with Crippen LogP contribution in [0.2, 0.25) is 0 Å². The number of carbonyl (C=O) groups excluding carboxylic acids is 2. The van der Waals surface area contributed by atoms with Crippen molar-refractivity contribution < 1.29 is 29.3 Å². The SMILES string of the molecule is COCC(=O)N(CC1CC1)[C@@H]1CC(C(=O)NCCO)=C[C@H](Oc2ccccc2I)[C@H]1O. The molecular formula is C22H29IN2O6. The van der Waals surface area contributed by atoms with Crippen LogP contribution in [-0.2, 0) is 14.3 Å². The van der Waals surface area contributed by atoms with E-state index < -0.39 is 18.2 Å². The minimum atomic E-state index is -1.01. The number of aliphatic hydroxyl groups excluding tert-OH is 2. The van der Waals surface area contributed by atoms with Crippen LogP contribution in [0.25, 0.3) is 0 Å². The molecule has 0 aromatic heterocycles. The molecule has 0 radical (unpaired) electrons. The minimum Gasteiger partial charge on any atom is -0.482 e. The number of nitrogens with one attached hydrogen (secondary N) is 1. The molecule has 3 atom stereocenters. The molecule has 0 unspecified atom stereocenters. The maximum Gasteiger partial charge on any atom is 0.248 e. The molecule has 0 spiro atoms. The number of para-hydroxylation sites is 1. The topological polar surface area (TPSA) is 108 Å². The Kier molecular flexibility index (Phi) is 8.70. The van der Waals surface area contributed by atoms with Crippen LogP contribution in [0.1, 0.15) is 19.3 Å². The number of methoxy groups -OCH3 is 1. The van der Waals surface area contributed by atoms with Crippen molar-refractivity contribution in [3.63, 3.8) is 0 Å². The second-order valence-electron chi connectivity index (χ2n) is 7.87. The lowest BCUT2D eigenvalue weighted by atomic mass is 9.88. The molecule has 1 aromatic rings. The van der Waals surface area contributed by atoms with Gasteiger partial charge in [-0.15, -0.1) is 0 Å². The standard InChI is InChI=1S/C22H29IN2O6/c1-30-13-20(27)25(12-14-6-7-14)17-10-15(22(29)24-8-9-26)11-19(21(17)28)31-18-5-3-2-4-16(18)23/h2-5,11,14,17,19,21,26,28H,6-10,12-13H2,1H3,(H,24,29)/t17-,19+,21+/m1/s1. The molecule has 1 aromatic carbocycles. The Labute approximate surface area is 195 Å². The van der Waals surface area contributed by atoms with Crippen LogP contribution in [0.4, 0.5) is 0 Å². The summed E-state index contributed by atoms with van der Waals surface area (Å²) in [4.78, 5) is 27.1. The Balaban J connectivity index is 1.89. The molecule has 2 aliphatic carbocycles. The number of benzene rings is 1. The summed E-state index contributed by atoms with van der Waals surface area (Å²) in [6.45, 7) is 0.381. The molecule has 1 fully saturated rings. The first-order valence-electron chi connectivity index (χ1n) is 10.4. The smallest absolute Gasteiger partial charge is 0.248 e. The maximum absolute atomic E-state index is 12.8. The highest BCUT2D eigenvalue weighted by Gasteiger charge is 2.42. The van der Waals surface area contributed by atoms with Crippen LogP contribution in [0.15, 0.2) is 35.9 Å². The molecule has 1 saturated carbocycles. The fourth-order valence-electron chi connectivity index (χ4n) is 3.67. The third-order valence-electron chi connectivity index (χ3n) is 5.45. The quantitative estimate of drug-likeness (QED) is 0.381. The van der Waals surface area contributed by atoms with E-state index in [1.807, 2.05) is 18.2 Å². The van der Waals surface area contributed by atoms with E-state index in [-0.39, 0.29) is 38.0 Å². The second kappa shape index (κ2) is 11.3. The summed E-state index contributed by atoms with van der Waals surface area (Å²) >= 11 is 2.15. The Morgan fingerprint density at radius 2 is 2.03 bits per heavy atom. The van der Waals surface area contributed by atoms with Gasteiger partial charge in [0, 0.05) is 32.2 Å². The summed E-state index contributed by atoms with van der Waals surface area (Å²) in [5.74, 6) is 0.438. The van der Waals surface area contributed by atoms with Gasteiger partial charge in [-0.25, -0.2) is 0 Å². The minimum absolute atomic E-state index is 0.0895. The van der Waals surface area contributed by atoms with Crippen LogP contribution in [0.5, 0.6) is 5.75 Å². The van der Waals surface area contributed by atoms with Gasteiger partial charge in [0.2, 0.25) is 11.8 Å². The highest BCUT2D eigenvalue weighted by molar-refractivity contribution is 14.1. The van der Waals surface area contributed by atoms with Crippen LogP contribution >= 0.6 is 22.6 Å². The summed E-state index contributed by atoms with van der Waals surface area (Å²) < 4.78 is 12.0. The zero-order valence-corrected chi connectivity index (χ0v) is 19.7. The molecular weight excluding hydrogens is 515 g/mol. The largest absolute Gasteiger partial charge is 0.482 e. The average Bonchev–Trinajstić information content (AvgIpc) is 3.58. The molecule has 3 N–H and O–H groups in total. The second-order valence-corrected chi connectivity index (χ2v) is 9.03. The van der Waals surface area contributed by atoms with Crippen molar-refractivity contribution in [2.24, 2.45) is 5.92 Å². The van der Waals surface area contributed by atoms with Gasteiger partial charge in [0.25, 0.3) is 0 Å². The van der Waals surface area contributed by atoms with Crippen molar-refractivity contribution in [3.05, 3.63) is 39.5 Å². The van der Waals surface area contributed by atoms with E-state index in [1.165, 1.54) is 7.11 Å². The van der Waals surface area contributed by atoms with E-state index in [1.54, 1.807) is 17.0 Å². The number of halogens is 1. The highest BCUT2D eigenvalue weighted by Crippen LogP contribution is 2.34. The van der Waals surface area contributed by atoms with Crippen molar-refractivity contribution in [2.45, 2.75) is 37.5 Å². The molecule has 2 amide bonds. The zero-order chi connectivity index (χ0) is 22.4. The van der Waals surface area contributed by atoms with Gasteiger partial charge in [0.1, 0.15) is 24.6 Å². The molecule has 31 heavy (non-hydrogen) atoms. The highest BCUT2D eigenvalue weighted by atomic mass is 127. The van der Waals surface area contributed by atoms with Gasteiger partial charge in [-0.05, 0) is 59.6 Å². The molecule has 0 bridgehead atoms. The Morgan fingerprint density at radius 3 is 2.68 bits per heavy atom. The Hall–Kier alpha value is -1.69. The van der Waals surface area contributed by atoms with Gasteiger partial charge >= 0.3 is 0 Å². The molecule has 0 saturated heterocycles. The monoisotopic (exact) mass is 544 g/mol. The number of carbonyl (C=O) groups is 2. The van der Waals surface area contributed by atoms with Gasteiger partial charge in [0.05, 0.1) is 16.2 Å². The van der Waals surface area contributed by atoms with Crippen molar-refractivity contribution in [1.82, 2.24) is 10.2 Å². The van der Waals surface area contributed by atoms with Gasteiger partial charge in [-0.1, -0.05) is 12.1 Å². The van der Waals surface area contributed by atoms with Gasteiger partial charge in [-0.2, -0.15) is 0 Å². The van der Waals surface area contributed by atoms with Crippen LogP contribution in [0.3, 0.4) is 0 Å². The first-order chi connectivity index (χ1) is 14.9. The lowest BCUT2D eigenvalue weighted by Gasteiger charge is -2.40. The fourth-order valence-corrected chi connectivity index (χ4v) is 4.19. The van der Waals surface area contributed by atoms with Gasteiger partial charge in [-0.3, -0.25) is 9.59 Å². The molecule has 8 nitrogen and oxygen atoms in total. The molecule has 9 heteroatoms. The summed E-state index contributed by atoms with van der Waals surface area (Å²) in [6.07, 6.45) is 2.09. The third-order valence-corrected chi connectivity index (χ3v) is 6.35. The van der Waals surface area contributed by atoms with E-state index in [0.717, 1.165) is 16.4 Å². The van der Waals surface area contributed by atoms with Gasteiger partial charge < -0.3 is 29.9 Å². The van der Waals surface area contributed by atoms with Crippen LogP contribution in [0, 0.1) is 9.49 Å². The predicted molar refractivity (Wildman–Crippen MR) is 122 cm³/mol. The average molecular weight is 544 g/mol. The van der Waals surface area contributed by atoms with E-state index >= 15 is 0 Å². The predicted octanol–water partition coefficient (Wildman–Crippen LogP) is 1.09. The number of ether oxygens (including phenoxy) is 2. The summed E-state index contributed by atoms with van der Waals surface area (Å²) in [5, 5.41) is 22.9. The van der Waals surface area contributed by atoms with E-state index in [4.69, 9.17) is 14.6 Å². The number of amides is 2. The first kappa shape index (κ1) is 24.0. The summed E-state index contributed by atoms with van der Waals surface area (Å²) in [7, 11) is 1.46. The third kappa shape index (κ3) is 6.41. The number of hydrogen-bond donors (Lipinski definition) is 3. The molecule has 2 aliphatic rings. The Bertz CT molecular complexity index is 813. The van der Waals surface area contributed by atoms with E-state index in [0.29, 0.717) is 23.8 Å². The van der Waals surface area contributed by atoms with Crippen LogP contribution < -0.4 is 10.1 Å². The van der Waals surface area contributed by atoms with E-state index in [9.17, 15) is 14.7 Å². The lowest BCUT2D eigenvalue weighted by Crippen LogP contribution is -2.56. The normalized spacial score (nSPS) is 23.1. The summed E-state index contributed by atoms with van der Waals surface area (Å²) in [5.41, 5.74) is 0.422. The molecule has 3 rings (SSSR count). The lowest BCUT2D eigenvalue weighted by molar-refractivity contribution is -0.142. The van der Waals surface area contributed by atoms with E-state index in [2.05, 4.69) is 27.9 Å². The Morgan fingerprint density at radius 1 is 1.29 bits per heavy atom. The maximum atomic E-state index is 12.8. The summed E-state index contributed by atoms with van der Waals surface area (Å²) in [6, 6.07) is 6.80. The van der Waals surface area contributed by atoms with Crippen molar-refractivity contribution in [3.8, 4) is 5.75 Å². The van der Waals surface area contributed by atoms with Crippen molar-refractivity contribution >= 4 is 34.4 Å². The number of rotatable bonds is 10. The number of hydrogen-bond acceptors (Lipinski definition) is 6.